The van der Waals surface area contributed by atoms with Crippen molar-refractivity contribution in [3.63, 3.8) is 0 Å². The van der Waals surface area contributed by atoms with Gasteiger partial charge in [-0.25, -0.2) is 0 Å². The smallest absolute Gasteiger partial charge is 0.248 e. The van der Waals surface area contributed by atoms with Crippen LogP contribution in [-0.2, 0) is 10.2 Å². The van der Waals surface area contributed by atoms with Crippen molar-refractivity contribution in [2.45, 2.75) is 57.5 Å². The van der Waals surface area contributed by atoms with E-state index in [1.165, 1.54) is 0 Å². The summed E-state index contributed by atoms with van der Waals surface area (Å²) in [6.45, 7) is 7.82. The summed E-state index contributed by atoms with van der Waals surface area (Å²) < 4.78 is 5.17. The minimum atomic E-state index is -0.679. The van der Waals surface area contributed by atoms with Crippen LogP contribution < -0.4 is 11.1 Å². The molecule has 1 aliphatic carbocycles. The molecule has 1 aromatic heterocycles. The lowest BCUT2D eigenvalue weighted by Crippen LogP contribution is -2.43. The van der Waals surface area contributed by atoms with Gasteiger partial charge in [-0.05, 0) is 19.8 Å². The molecule has 1 aromatic rings. The van der Waals surface area contributed by atoms with E-state index in [2.05, 4.69) is 15.5 Å². The average molecular weight is 252 g/mol. The number of nitrogens with two attached hydrogens (primary N) is 1. The highest BCUT2D eigenvalue weighted by molar-refractivity contribution is 5.89. The molecular formula is C12H20N4O2. The van der Waals surface area contributed by atoms with Crippen molar-refractivity contribution in [1.82, 2.24) is 15.5 Å². The van der Waals surface area contributed by atoms with Gasteiger partial charge in [-0.3, -0.25) is 4.79 Å². The Labute approximate surface area is 106 Å². The lowest BCUT2D eigenvalue weighted by Gasteiger charge is -2.14. The molecule has 6 heteroatoms. The fourth-order valence-electron chi connectivity index (χ4n) is 1.48. The second-order valence-corrected chi connectivity index (χ2v) is 6.06. The van der Waals surface area contributed by atoms with Crippen LogP contribution >= 0.6 is 0 Å². The van der Waals surface area contributed by atoms with E-state index in [-0.39, 0.29) is 17.4 Å². The predicted octanol–water partition coefficient (Wildman–Crippen LogP) is 1.04. The summed E-state index contributed by atoms with van der Waals surface area (Å²) in [4.78, 5) is 16.1. The first-order valence-electron chi connectivity index (χ1n) is 6.16. The van der Waals surface area contributed by atoms with Crippen LogP contribution in [0.25, 0.3) is 0 Å². The molecule has 0 aromatic carbocycles. The van der Waals surface area contributed by atoms with Gasteiger partial charge >= 0.3 is 0 Å². The summed E-state index contributed by atoms with van der Waals surface area (Å²) in [5, 5.41) is 6.73. The number of aromatic nitrogens is 2. The monoisotopic (exact) mass is 252 g/mol. The highest BCUT2D eigenvalue weighted by Gasteiger charge is 2.46. The van der Waals surface area contributed by atoms with Crippen molar-refractivity contribution in [2.75, 3.05) is 0 Å². The third kappa shape index (κ3) is 2.53. The van der Waals surface area contributed by atoms with Gasteiger partial charge < -0.3 is 15.6 Å². The van der Waals surface area contributed by atoms with E-state index >= 15 is 0 Å². The lowest BCUT2D eigenvalue weighted by atomic mass is 9.96. The number of nitrogens with zero attached hydrogens (tertiary/aromatic N) is 2. The van der Waals surface area contributed by atoms with Gasteiger partial charge in [0.05, 0.1) is 5.54 Å². The third-order valence-electron chi connectivity index (χ3n) is 3.07. The Balaban J connectivity index is 2.03. The van der Waals surface area contributed by atoms with Crippen LogP contribution in [-0.4, -0.2) is 21.6 Å². The van der Waals surface area contributed by atoms with Crippen molar-refractivity contribution in [3.8, 4) is 0 Å². The van der Waals surface area contributed by atoms with Crippen LogP contribution in [0, 0.1) is 0 Å². The molecule has 1 aliphatic rings. The van der Waals surface area contributed by atoms with Crippen molar-refractivity contribution < 1.29 is 9.32 Å². The number of amides is 1. The maximum absolute atomic E-state index is 11.8. The zero-order valence-electron chi connectivity index (χ0n) is 11.3. The Morgan fingerprint density at radius 3 is 2.56 bits per heavy atom. The Morgan fingerprint density at radius 1 is 1.50 bits per heavy atom. The third-order valence-corrected chi connectivity index (χ3v) is 3.07. The summed E-state index contributed by atoms with van der Waals surface area (Å²) in [5.41, 5.74) is 4.96. The minimum absolute atomic E-state index is 0.148. The van der Waals surface area contributed by atoms with Crippen LogP contribution in [0.4, 0.5) is 0 Å². The van der Waals surface area contributed by atoms with Gasteiger partial charge in [0.25, 0.3) is 0 Å². The Kier molecular flexibility index (Phi) is 2.93. The SMILES string of the molecule is CC(NC(=O)C1(N)CC1)c1nc(C(C)(C)C)no1. The maximum atomic E-state index is 11.8. The quantitative estimate of drug-likeness (QED) is 0.838. The first kappa shape index (κ1) is 13.0. The van der Waals surface area contributed by atoms with E-state index in [4.69, 9.17) is 10.3 Å². The van der Waals surface area contributed by atoms with Crippen LogP contribution in [0.1, 0.15) is 58.3 Å². The fraction of sp³-hybridized carbons (Fsp3) is 0.750. The summed E-state index contributed by atoms with van der Waals surface area (Å²) in [6, 6.07) is -0.317. The number of carbonyl (C=O) groups is 1. The number of carbonyl (C=O) groups excluding carboxylic acids is 1. The predicted molar refractivity (Wildman–Crippen MR) is 65.7 cm³/mol. The number of hydrogen-bond acceptors (Lipinski definition) is 5. The van der Waals surface area contributed by atoms with E-state index in [1.807, 2.05) is 27.7 Å². The van der Waals surface area contributed by atoms with Crippen LogP contribution in [0.2, 0.25) is 0 Å². The number of hydrogen-bond donors (Lipinski definition) is 2. The Hall–Kier alpha value is -1.43. The minimum Gasteiger partial charge on any atom is -0.343 e. The highest BCUT2D eigenvalue weighted by atomic mass is 16.5. The van der Waals surface area contributed by atoms with E-state index in [1.54, 1.807) is 0 Å². The highest BCUT2D eigenvalue weighted by Crippen LogP contribution is 2.32. The van der Waals surface area contributed by atoms with Crippen LogP contribution in [0.5, 0.6) is 0 Å². The van der Waals surface area contributed by atoms with Gasteiger partial charge in [0.1, 0.15) is 6.04 Å². The van der Waals surface area contributed by atoms with Crippen molar-refractivity contribution in [3.05, 3.63) is 11.7 Å². The zero-order chi connectivity index (χ0) is 13.6. The van der Waals surface area contributed by atoms with E-state index in [0.717, 1.165) is 12.8 Å². The second-order valence-electron chi connectivity index (χ2n) is 6.06. The van der Waals surface area contributed by atoms with E-state index < -0.39 is 5.54 Å². The molecule has 3 N–H and O–H groups in total. The molecule has 1 saturated carbocycles. The van der Waals surface area contributed by atoms with Gasteiger partial charge in [0.15, 0.2) is 5.82 Å². The van der Waals surface area contributed by atoms with E-state index in [0.29, 0.717) is 11.7 Å². The van der Waals surface area contributed by atoms with Crippen molar-refractivity contribution in [2.24, 2.45) is 5.73 Å². The fourth-order valence-corrected chi connectivity index (χ4v) is 1.48. The molecular weight excluding hydrogens is 232 g/mol. The molecule has 18 heavy (non-hydrogen) atoms. The molecule has 6 nitrogen and oxygen atoms in total. The summed E-state index contributed by atoms with van der Waals surface area (Å²) in [5.74, 6) is 0.899. The van der Waals surface area contributed by atoms with Gasteiger partial charge in [0.2, 0.25) is 11.8 Å². The first-order valence-corrected chi connectivity index (χ1v) is 6.16. The van der Waals surface area contributed by atoms with Gasteiger partial charge in [0, 0.05) is 5.41 Å². The summed E-state index contributed by atoms with van der Waals surface area (Å²) in [6.07, 6.45) is 1.48. The van der Waals surface area contributed by atoms with Gasteiger partial charge in [-0.2, -0.15) is 4.98 Å². The molecule has 1 fully saturated rings. The molecule has 1 atom stereocenters. The largest absolute Gasteiger partial charge is 0.343 e. The normalized spacial score (nSPS) is 19.4. The average Bonchev–Trinajstić information content (AvgIpc) is 2.82. The van der Waals surface area contributed by atoms with Crippen LogP contribution in [0.15, 0.2) is 4.52 Å². The van der Waals surface area contributed by atoms with Gasteiger partial charge in [-0.1, -0.05) is 25.9 Å². The number of nitrogens with one attached hydrogen (secondary N) is 1. The molecule has 0 saturated heterocycles. The molecule has 0 spiro atoms. The Morgan fingerprint density at radius 2 is 2.11 bits per heavy atom. The molecule has 100 valence electrons. The summed E-state index contributed by atoms with van der Waals surface area (Å²) in [7, 11) is 0. The van der Waals surface area contributed by atoms with E-state index in [9.17, 15) is 4.79 Å². The first-order chi connectivity index (χ1) is 8.22. The topological polar surface area (TPSA) is 94.0 Å². The Bertz CT molecular complexity index is 457. The second kappa shape index (κ2) is 4.05. The molecule has 2 rings (SSSR count). The molecule has 1 unspecified atom stereocenters. The molecule has 1 heterocycles. The number of rotatable bonds is 3. The molecule has 1 amide bonds. The molecule has 0 radical (unpaired) electrons. The molecule has 0 aliphatic heterocycles. The maximum Gasteiger partial charge on any atom is 0.248 e. The van der Waals surface area contributed by atoms with Crippen LogP contribution in [0.3, 0.4) is 0 Å². The van der Waals surface area contributed by atoms with Crippen molar-refractivity contribution >= 4 is 5.91 Å². The summed E-state index contributed by atoms with van der Waals surface area (Å²) >= 11 is 0. The standard InChI is InChI=1S/C12H20N4O2/c1-7(14-10(17)12(13)5-6-12)8-15-9(16-18-8)11(2,3)4/h7H,5-6,13H2,1-4H3,(H,14,17). The van der Waals surface area contributed by atoms with Gasteiger partial charge in [-0.15, -0.1) is 0 Å². The lowest BCUT2D eigenvalue weighted by molar-refractivity contribution is -0.124. The molecule has 0 bridgehead atoms. The zero-order valence-corrected chi connectivity index (χ0v) is 11.3. The van der Waals surface area contributed by atoms with Crippen molar-refractivity contribution in [1.29, 1.82) is 0 Å².